The number of nitrogens with zero attached hydrogens (tertiary/aromatic N) is 1. The predicted molar refractivity (Wildman–Crippen MR) is 81.1 cm³/mol. The van der Waals surface area contributed by atoms with E-state index in [9.17, 15) is 9.59 Å². The number of ether oxygens (including phenoxy) is 1. The van der Waals surface area contributed by atoms with Crippen molar-refractivity contribution in [1.29, 1.82) is 0 Å². The highest BCUT2D eigenvalue weighted by atomic mass is 32.2. The highest BCUT2D eigenvalue weighted by Gasteiger charge is 2.17. The maximum absolute atomic E-state index is 11.9. The number of carbonyl (C=O) groups is 2. The van der Waals surface area contributed by atoms with Gasteiger partial charge < -0.3 is 4.74 Å². The number of thioether (sulfide) groups is 1. The summed E-state index contributed by atoms with van der Waals surface area (Å²) in [5.41, 5.74) is -0.137. The number of aliphatic imine (C=N–C) groups is 1. The fraction of sp³-hybridized carbons (Fsp3) is 0.357. The molecular formula is C14H18N2O3S. The van der Waals surface area contributed by atoms with E-state index in [1.165, 1.54) is 0 Å². The molecule has 0 unspecified atom stereocenters. The van der Waals surface area contributed by atoms with E-state index < -0.39 is 17.6 Å². The summed E-state index contributed by atoms with van der Waals surface area (Å²) in [6, 6.07) is 8.65. The van der Waals surface area contributed by atoms with Crippen molar-refractivity contribution >= 4 is 28.9 Å². The molecule has 0 radical (unpaired) electrons. The van der Waals surface area contributed by atoms with E-state index >= 15 is 0 Å². The second kappa shape index (κ2) is 7.09. The Bertz CT molecular complexity index is 507. The number of benzene rings is 1. The summed E-state index contributed by atoms with van der Waals surface area (Å²) in [6.07, 6.45) is 1.08. The fourth-order valence-corrected chi connectivity index (χ4v) is 1.61. The van der Waals surface area contributed by atoms with Crippen LogP contribution < -0.4 is 5.32 Å². The highest BCUT2D eigenvalue weighted by Crippen LogP contribution is 2.08. The van der Waals surface area contributed by atoms with Crippen LogP contribution in [0.25, 0.3) is 0 Å². The van der Waals surface area contributed by atoms with Crippen LogP contribution in [-0.4, -0.2) is 29.0 Å². The zero-order valence-corrected chi connectivity index (χ0v) is 12.8. The van der Waals surface area contributed by atoms with Crippen molar-refractivity contribution in [2.45, 2.75) is 26.4 Å². The number of hydrogen-bond acceptors (Lipinski definition) is 4. The average molecular weight is 294 g/mol. The summed E-state index contributed by atoms with van der Waals surface area (Å²) in [5.74, 6) is -0.411. The molecule has 1 rings (SSSR count). The first-order valence-corrected chi connectivity index (χ1v) is 7.26. The van der Waals surface area contributed by atoms with Crippen molar-refractivity contribution in [3.63, 3.8) is 0 Å². The molecule has 0 aliphatic heterocycles. The molecule has 2 amide bonds. The summed E-state index contributed by atoms with van der Waals surface area (Å²) >= 11 is 1.16. The molecule has 0 aliphatic rings. The van der Waals surface area contributed by atoms with E-state index in [1.54, 1.807) is 51.3 Å². The first kappa shape index (κ1) is 16.2. The van der Waals surface area contributed by atoms with E-state index in [1.807, 2.05) is 6.07 Å². The van der Waals surface area contributed by atoms with Gasteiger partial charge in [0.2, 0.25) is 0 Å². The van der Waals surface area contributed by atoms with Crippen LogP contribution in [0, 0.1) is 0 Å². The molecule has 0 saturated heterocycles. The van der Waals surface area contributed by atoms with Crippen molar-refractivity contribution in [2.75, 3.05) is 6.26 Å². The van der Waals surface area contributed by atoms with Crippen molar-refractivity contribution < 1.29 is 14.3 Å². The number of hydrogen-bond donors (Lipinski definition) is 1. The van der Waals surface area contributed by atoms with Gasteiger partial charge in [-0.1, -0.05) is 30.0 Å². The minimum atomic E-state index is -0.633. The number of amides is 2. The number of amidine groups is 1. The molecule has 0 aromatic heterocycles. The molecule has 0 fully saturated rings. The maximum atomic E-state index is 11.9. The van der Waals surface area contributed by atoms with Gasteiger partial charge in [-0.2, -0.15) is 4.99 Å². The van der Waals surface area contributed by atoms with Gasteiger partial charge in [-0.05, 0) is 39.2 Å². The Morgan fingerprint density at radius 2 is 1.80 bits per heavy atom. The van der Waals surface area contributed by atoms with E-state index in [4.69, 9.17) is 4.74 Å². The van der Waals surface area contributed by atoms with Gasteiger partial charge in [0.15, 0.2) is 5.17 Å². The Labute approximate surface area is 122 Å². The van der Waals surface area contributed by atoms with Gasteiger partial charge >= 0.3 is 6.09 Å². The third-order valence-corrected chi connectivity index (χ3v) is 2.61. The molecule has 0 bridgehead atoms. The molecule has 5 nitrogen and oxygen atoms in total. The summed E-state index contributed by atoms with van der Waals surface area (Å²) in [6.45, 7) is 5.28. The zero-order valence-electron chi connectivity index (χ0n) is 12.0. The molecule has 108 valence electrons. The smallest absolute Gasteiger partial charge is 0.413 e. The first-order chi connectivity index (χ1) is 9.31. The molecule has 0 spiro atoms. The third kappa shape index (κ3) is 5.88. The normalized spacial score (nSPS) is 11.9. The second-order valence-corrected chi connectivity index (χ2v) is 5.71. The topological polar surface area (TPSA) is 67.8 Å². The van der Waals surface area contributed by atoms with Gasteiger partial charge in [-0.25, -0.2) is 4.79 Å². The molecule has 1 aromatic carbocycles. The highest BCUT2D eigenvalue weighted by molar-refractivity contribution is 8.13. The Morgan fingerprint density at radius 1 is 1.20 bits per heavy atom. The van der Waals surface area contributed by atoms with Crippen LogP contribution in [0.15, 0.2) is 35.3 Å². The number of nitrogens with one attached hydrogen (secondary N) is 1. The lowest BCUT2D eigenvalue weighted by Gasteiger charge is -2.19. The minimum Gasteiger partial charge on any atom is -0.444 e. The molecule has 1 aromatic rings. The lowest BCUT2D eigenvalue weighted by atomic mass is 10.2. The quantitative estimate of drug-likeness (QED) is 0.638. The van der Waals surface area contributed by atoms with Crippen LogP contribution in [-0.2, 0) is 4.74 Å². The monoisotopic (exact) mass is 294 g/mol. The summed E-state index contributed by atoms with van der Waals surface area (Å²) in [7, 11) is 0. The van der Waals surface area contributed by atoms with Gasteiger partial charge in [0.05, 0.1) is 0 Å². The Balaban J connectivity index is 2.73. The summed E-state index contributed by atoms with van der Waals surface area (Å²) < 4.78 is 5.10. The van der Waals surface area contributed by atoms with E-state index in [0.717, 1.165) is 11.8 Å². The van der Waals surface area contributed by atoms with Crippen LogP contribution >= 0.6 is 11.8 Å². The summed E-state index contributed by atoms with van der Waals surface area (Å²) in [4.78, 5) is 27.4. The molecule has 0 atom stereocenters. The van der Waals surface area contributed by atoms with Gasteiger partial charge in [0.25, 0.3) is 5.91 Å². The third-order valence-electron chi connectivity index (χ3n) is 2.03. The minimum absolute atomic E-state index is 0.202. The SMILES string of the molecule is CS/C(=N\C(=O)c1ccccc1)NC(=O)OC(C)(C)C. The largest absolute Gasteiger partial charge is 0.444 e. The van der Waals surface area contributed by atoms with Crippen molar-refractivity contribution in [3.8, 4) is 0 Å². The van der Waals surface area contributed by atoms with Crippen molar-refractivity contribution in [1.82, 2.24) is 5.32 Å². The zero-order chi connectivity index (χ0) is 15.2. The average Bonchev–Trinajstić information content (AvgIpc) is 2.36. The Kier molecular flexibility index (Phi) is 5.76. The van der Waals surface area contributed by atoms with Crippen LogP contribution in [0.5, 0.6) is 0 Å². The molecule has 1 N–H and O–H groups in total. The predicted octanol–water partition coefficient (Wildman–Crippen LogP) is 3.07. The van der Waals surface area contributed by atoms with Gasteiger partial charge in [0, 0.05) is 5.56 Å². The van der Waals surface area contributed by atoms with E-state index in [2.05, 4.69) is 10.3 Å². The van der Waals surface area contributed by atoms with Crippen LogP contribution in [0.2, 0.25) is 0 Å². The van der Waals surface area contributed by atoms with Gasteiger partial charge in [-0.3, -0.25) is 10.1 Å². The second-order valence-electron chi connectivity index (χ2n) is 4.92. The molecule has 0 aliphatic carbocycles. The fourth-order valence-electron chi connectivity index (χ4n) is 1.25. The van der Waals surface area contributed by atoms with Crippen molar-refractivity contribution in [2.24, 2.45) is 4.99 Å². The van der Waals surface area contributed by atoms with Crippen molar-refractivity contribution in [3.05, 3.63) is 35.9 Å². The van der Waals surface area contributed by atoms with Crippen LogP contribution in [0.3, 0.4) is 0 Å². The van der Waals surface area contributed by atoms with Gasteiger partial charge in [-0.15, -0.1) is 0 Å². The lowest BCUT2D eigenvalue weighted by molar-refractivity contribution is 0.0564. The number of alkyl carbamates (subject to hydrolysis) is 1. The van der Waals surface area contributed by atoms with E-state index in [0.29, 0.717) is 5.56 Å². The standard InChI is InChI=1S/C14H18N2O3S/c1-14(2,3)19-13(18)16-12(20-4)15-11(17)10-8-6-5-7-9-10/h5-9H,1-4H3,(H,15,16,17,18). The number of carbonyl (C=O) groups excluding carboxylic acids is 2. The Hall–Kier alpha value is -1.82. The molecular weight excluding hydrogens is 276 g/mol. The maximum Gasteiger partial charge on any atom is 0.413 e. The molecule has 6 heteroatoms. The number of rotatable bonds is 1. The Morgan fingerprint density at radius 3 is 2.30 bits per heavy atom. The van der Waals surface area contributed by atoms with Crippen LogP contribution in [0.1, 0.15) is 31.1 Å². The molecule has 20 heavy (non-hydrogen) atoms. The molecule has 0 heterocycles. The van der Waals surface area contributed by atoms with Crippen LogP contribution in [0.4, 0.5) is 4.79 Å². The summed E-state index contributed by atoms with van der Waals surface area (Å²) in [5, 5.41) is 2.66. The first-order valence-electron chi connectivity index (χ1n) is 6.04. The lowest BCUT2D eigenvalue weighted by Crippen LogP contribution is -2.35. The van der Waals surface area contributed by atoms with Gasteiger partial charge in [0.1, 0.15) is 5.60 Å². The molecule has 0 saturated carbocycles. The van der Waals surface area contributed by atoms with E-state index in [-0.39, 0.29) is 5.17 Å².